The van der Waals surface area contributed by atoms with E-state index in [1.165, 1.54) is 0 Å². The van der Waals surface area contributed by atoms with E-state index in [2.05, 4.69) is 30.3 Å². The van der Waals surface area contributed by atoms with E-state index in [4.69, 9.17) is 0 Å². The molecule has 15 fully saturated rings. The van der Waals surface area contributed by atoms with Crippen molar-refractivity contribution in [3.05, 3.63) is 30.3 Å². The van der Waals surface area contributed by atoms with E-state index < -0.39 is 0 Å². The molecule has 1 saturated heterocycles. The van der Waals surface area contributed by atoms with Crippen molar-refractivity contribution in [3.63, 3.8) is 0 Å². The average Bonchev–Trinajstić information content (AvgIpc) is 4.01. The van der Waals surface area contributed by atoms with E-state index >= 15 is 0 Å². The molecular weight excluding hydrogens is 728 g/mol. The van der Waals surface area contributed by atoms with Crippen molar-refractivity contribution >= 4 is 13.2 Å². The minimum atomic E-state index is -0.0164. The molecule has 14 saturated carbocycles. The third-order valence-electron chi connectivity index (χ3n) is 26.0. The minimum absolute atomic E-state index is 0.0164. The summed E-state index contributed by atoms with van der Waals surface area (Å²) in [6.07, 6.45) is 51.0. The van der Waals surface area contributed by atoms with Crippen LogP contribution in [0.3, 0.4) is 0 Å². The second-order valence-corrected chi connectivity index (χ2v) is 29.8. The van der Waals surface area contributed by atoms with Crippen LogP contribution in [0.1, 0.15) is 193 Å². The number of hydrogen-bond donors (Lipinski definition) is 0. The van der Waals surface area contributed by atoms with Gasteiger partial charge in [0.25, 0.3) is 0 Å². The Morgan fingerprint density at radius 3 is 0.881 bits per heavy atom. The molecule has 15 aliphatic rings. The molecule has 59 heavy (non-hydrogen) atoms. The van der Waals surface area contributed by atoms with E-state index in [0.29, 0.717) is 5.16 Å². The Balaban J connectivity index is 0.803. The number of benzene rings is 1. The Labute approximate surface area is 361 Å². The maximum atomic E-state index is 2.67. The molecule has 0 N–H and O–H groups in total. The SMILES string of the molecule is c1ccc(P2CC2(C2CCC(C3CCC3(C3CC3)C3CC3)(C3CCC3(C3CC3)C3CC3)C2)C2CCC(C3CCC3(C3CC3)C3CC3)(C3CCC3(C3CC3)C3CC3)C2)cc1. The summed E-state index contributed by atoms with van der Waals surface area (Å²) in [4.78, 5) is 0. The Hall–Kier alpha value is -0.350. The van der Waals surface area contributed by atoms with Gasteiger partial charge in [0, 0.05) is 5.16 Å². The monoisotopic (exact) mass is 809 g/mol. The van der Waals surface area contributed by atoms with Gasteiger partial charge in [-0.3, -0.25) is 0 Å². The quantitative estimate of drug-likeness (QED) is 0.155. The van der Waals surface area contributed by atoms with Crippen LogP contribution in [0, 0.1) is 115 Å². The summed E-state index contributed by atoms with van der Waals surface area (Å²) in [6, 6.07) is 12.6. The molecule has 0 nitrogen and oxygen atoms in total. The lowest BCUT2D eigenvalue weighted by Gasteiger charge is -2.68. The predicted molar refractivity (Wildman–Crippen MR) is 243 cm³/mol. The first-order valence-electron chi connectivity index (χ1n) is 27.9. The second kappa shape index (κ2) is 11.7. The lowest BCUT2D eigenvalue weighted by Crippen LogP contribution is -2.61. The predicted octanol–water partition coefficient (Wildman–Crippen LogP) is 15.0. The van der Waals surface area contributed by atoms with E-state index in [0.717, 1.165) is 115 Å². The van der Waals surface area contributed by atoms with Crippen molar-refractivity contribution in [1.82, 2.24) is 0 Å². The van der Waals surface area contributed by atoms with E-state index in [1.807, 2.05) is 5.30 Å². The summed E-state index contributed by atoms with van der Waals surface area (Å²) in [5.41, 5.74) is 4.69. The van der Waals surface area contributed by atoms with Crippen molar-refractivity contribution in [2.75, 3.05) is 6.16 Å². The molecule has 1 aromatic carbocycles. The van der Waals surface area contributed by atoms with Crippen LogP contribution in [0.2, 0.25) is 0 Å². The van der Waals surface area contributed by atoms with Crippen LogP contribution in [0.5, 0.6) is 0 Å². The summed E-state index contributed by atoms with van der Waals surface area (Å²) >= 11 is 0. The maximum Gasteiger partial charge on any atom is 0.00451 e. The largest absolute Gasteiger partial charge is 0.0671 e. The van der Waals surface area contributed by atoms with E-state index in [-0.39, 0.29) is 7.92 Å². The van der Waals surface area contributed by atoms with Gasteiger partial charge in [0.15, 0.2) is 0 Å². The van der Waals surface area contributed by atoms with Crippen LogP contribution < -0.4 is 5.30 Å². The molecular formula is C58H81P. The Morgan fingerprint density at radius 2 is 0.627 bits per heavy atom. The Morgan fingerprint density at radius 1 is 0.322 bits per heavy atom. The number of hydrogen-bond acceptors (Lipinski definition) is 0. The van der Waals surface area contributed by atoms with Gasteiger partial charge in [-0.15, -0.1) is 0 Å². The molecule has 0 radical (unpaired) electrons. The fraction of sp³-hybridized carbons (Fsp3) is 0.897. The molecule has 14 aliphatic carbocycles. The summed E-state index contributed by atoms with van der Waals surface area (Å²) in [7, 11) is -0.0164. The Kier molecular flexibility index (Phi) is 7.14. The van der Waals surface area contributed by atoms with Crippen LogP contribution in [0.15, 0.2) is 30.3 Å². The van der Waals surface area contributed by atoms with Gasteiger partial charge >= 0.3 is 0 Å². The zero-order valence-corrected chi connectivity index (χ0v) is 38.2. The third kappa shape index (κ3) is 4.52. The van der Waals surface area contributed by atoms with Gasteiger partial charge in [-0.2, -0.15) is 0 Å². The summed E-state index contributed by atoms with van der Waals surface area (Å²) in [5.74, 6) is 15.8. The first-order valence-corrected chi connectivity index (χ1v) is 29.4. The van der Waals surface area contributed by atoms with Crippen LogP contribution in [-0.2, 0) is 0 Å². The van der Waals surface area contributed by atoms with Crippen LogP contribution in [0.4, 0.5) is 0 Å². The summed E-state index contributed by atoms with van der Waals surface area (Å²) in [5, 5.41) is 2.54. The third-order valence-corrected chi connectivity index (χ3v) is 29.3. The van der Waals surface area contributed by atoms with Crippen molar-refractivity contribution in [3.8, 4) is 0 Å². The van der Waals surface area contributed by atoms with Crippen molar-refractivity contribution < 1.29 is 0 Å². The zero-order chi connectivity index (χ0) is 38.2. The molecule has 1 heteroatoms. The molecule has 0 aromatic heterocycles. The summed E-state index contributed by atoms with van der Waals surface area (Å²) < 4.78 is 0. The van der Waals surface area contributed by atoms with Crippen LogP contribution in [-0.4, -0.2) is 11.3 Å². The molecule has 1 heterocycles. The molecule has 16 rings (SSSR count). The van der Waals surface area contributed by atoms with Crippen molar-refractivity contribution in [1.29, 1.82) is 0 Å². The van der Waals surface area contributed by atoms with Crippen molar-refractivity contribution in [2.24, 2.45) is 115 Å². The Bertz CT molecular complexity index is 1630. The van der Waals surface area contributed by atoms with Gasteiger partial charge in [-0.1, -0.05) is 38.3 Å². The standard InChI is InChI=1S/C58H81P/c1-2-4-47(5-3-1)59-36-58(59,45-22-28-52(34-45,48-24-30-54(48,37-6-7-37)38-8-9-38)49-25-31-55(49,39-10-11-39)40-12-13-40)46-23-29-53(35-46,50-26-32-56(50,41-14-15-41)42-16-17-42)51-27-33-57(51,43-18-19-43)44-20-21-44/h1-5,37-46,48-51H,6-36H2. The highest BCUT2D eigenvalue weighted by atomic mass is 31.1. The normalized spacial score (nSPS) is 50.0. The summed E-state index contributed by atoms with van der Waals surface area (Å²) in [6.45, 7) is 0. The highest BCUT2D eigenvalue weighted by Crippen LogP contribution is 2.88. The molecule has 7 atom stereocenters. The molecule has 7 unspecified atom stereocenters. The fourth-order valence-corrected chi connectivity index (χ4v) is 26.7. The fourth-order valence-electron chi connectivity index (χ4n) is 23.0. The molecule has 0 spiro atoms. The lowest BCUT2D eigenvalue weighted by atomic mass is 9.37. The van der Waals surface area contributed by atoms with Gasteiger partial charge in [-0.05, 0) is 319 Å². The van der Waals surface area contributed by atoms with Gasteiger partial charge < -0.3 is 0 Å². The molecule has 0 bridgehead atoms. The average molecular weight is 809 g/mol. The molecule has 1 aromatic rings. The molecule has 1 aliphatic heterocycles. The van der Waals surface area contributed by atoms with Crippen LogP contribution in [0.25, 0.3) is 0 Å². The van der Waals surface area contributed by atoms with Gasteiger partial charge in [0.1, 0.15) is 0 Å². The highest BCUT2D eigenvalue weighted by molar-refractivity contribution is 7.74. The van der Waals surface area contributed by atoms with Gasteiger partial charge in [0.2, 0.25) is 0 Å². The second-order valence-electron chi connectivity index (χ2n) is 27.3. The van der Waals surface area contributed by atoms with E-state index in [1.54, 1.807) is 199 Å². The molecule has 0 amide bonds. The topological polar surface area (TPSA) is 0 Å². The molecule has 318 valence electrons. The van der Waals surface area contributed by atoms with E-state index in [9.17, 15) is 0 Å². The smallest absolute Gasteiger partial charge is 0.00451 e. The first kappa shape index (κ1) is 35.9. The first-order chi connectivity index (χ1) is 29.0. The highest BCUT2D eigenvalue weighted by Gasteiger charge is 2.79. The zero-order valence-electron chi connectivity index (χ0n) is 37.3. The lowest BCUT2D eigenvalue weighted by molar-refractivity contribution is -0.195. The van der Waals surface area contributed by atoms with Crippen LogP contribution >= 0.6 is 7.92 Å². The van der Waals surface area contributed by atoms with Gasteiger partial charge in [-0.25, -0.2) is 0 Å². The number of rotatable bonds is 15. The van der Waals surface area contributed by atoms with Crippen molar-refractivity contribution in [2.45, 2.75) is 198 Å². The minimum Gasteiger partial charge on any atom is -0.0671 e. The van der Waals surface area contributed by atoms with Gasteiger partial charge in [0.05, 0.1) is 0 Å². The maximum absolute atomic E-state index is 2.67.